The predicted molar refractivity (Wildman–Crippen MR) is 95.2 cm³/mol. The monoisotopic (exact) mass is 333 g/mol. The first-order valence-corrected chi connectivity index (χ1v) is 9.58. The van der Waals surface area contributed by atoms with Gasteiger partial charge in [-0.25, -0.2) is 0 Å². The molecule has 1 aliphatic carbocycles. The lowest BCUT2D eigenvalue weighted by Gasteiger charge is -2.14. The average molecular weight is 333 g/mol. The van der Waals surface area contributed by atoms with E-state index in [0.29, 0.717) is 24.2 Å². The van der Waals surface area contributed by atoms with Crippen LogP contribution in [0.15, 0.2) is 16.7 Å². The van der Waals surface area contributed by atoms with E-state index in [1.165, 1.54) is 44.9 Å². The standard InChI is InChI=1S/C20H31NO3/c1-2-3-4-5-6-7-8-9-10-11-12-13-16-19-18(24-21-16)15-14-17(22)20(19)23/h4-5,17,22H,2-3,6-15H2,1H3/b5-4+. The summed E-state index contributed by atoms with van der Waals surface area (Å²) in [6, 6.07) is 0. The van der Waals surface area contributed by atoms with Gasteiger partial charge < -0.3 is 9.63 Å². The Labute approximate surface area is 145 Å². The summed E-state index contributed by atoms with van der Waals surface area (Å²) in [4.78, 5) is 12.0. The van der Waals surface area contributed by atoms with E-state index in [0.717, 1.165) is 25.0 Å². The Hall–Kier alpha value is -1.42. The van der Waals surface area contributed by atoms with Crippen LogP contribution in [0.3, 0.4) is 0 Å². The molecule has 0 spiro atoms. The van der Waals surface area contributed by atoms with Gasteiger partial charge in [0.05, 0.1) is 11.3 Å². The lowest BCUT2D eigenvalue weighted by molar-refractivity contribution is 0.0703. The fourth-order valence-electron chi connectivity index (χ4n) is 3.21. The Bertz CT molecular complexity index is 533. The van der Waals surface area contributed by atoms with E-state index >= 15 is 0 Å². The summed E-state index contributed by atoms with van der Waals surface area (Å²) in [6.45, 7) is 2.21. The second kappa shape index (κ2) is 10.4. The van der Waals surface area contributed by atoms with E-state index in [-0.39, 0.29) is 5.78 Å². The molecular weight excluding hydrogens is 302 g/mol. The van der Waals surface area contributed by atoms with Crippen molar-refractivity contribution in [1.29, 1.82) is 0 Å². The molecule has 4 heteroatoms. The molecule has 0 amide bonds. The van der Waals surface area contributed by atoms with Crippen molar-refractivity contribution in [3.05, 3.63) is 29.2 Å². The fourth-order valence-corrected chi connectivity index (χ4v) is 3.21. The maximum atomic E-state index is 12.0. The van der Waals surface area contributed by atoms with Crippen LogP contribution < -0.4 is 0 Å². The summed E-state index contributed by atoms with van der Waals surface area (Å²) in [7, 11) is 0. The minimum absolute atomic E-state index is 0.205. The number of aryl methyl sites for hydroxylation is 2. The van der Waals surface area contributed by atoms with Gasteiger partial charge in [0, 0.05) is 6.42 Å². The molecule has 0 bridgehead atoms. The first-order chi connectivity index (χ1) is 11.7. The van der Waals surface area contributed by atoms with Crippen LogP contribution in [0.1, 0.15) is 92.9 Å². The van der Waals surface area contributed by atoms with Crippen molar-refractivity contribution in [2.24, 2.45) is 0 Å². The lowest BCUT2D eigenvalue weighted by Crippen LogP contribution is -2.27. The third-order valence-electron chi connectivity index (χ3n) is 4.68. The quantitative estimate of drug-likeness (QED) is 0.467. The number of Topliss-reactive ketones (excluding diaryl/α,β-unsaturated/α-hetero) is 1. The van der Waals surface area contributed by atoms with Crippen LogP contribution in [0, 0.1) is 0 Å². The number of carbonyl (C=O) groups is 1. The highest BCUT2D eigenvalue weighted by Gasteiger charge is 2.31. The average Bonchev–Trinajstić information content (AvgIpc) is 3.00. The maximum absolute atomic E-state index is 12.0. The topological polar surface area (TPSA) is 63.3 Å². The van der Waals surface area contributed by atoms with Gasteiger partial charge in [0.1, 0.15) is 11.9 Å². The molecule has 1 N–H and O–H groups in total. The molecule has 0 fully saturated rings. The number of nitrogens with zero attached hydrogens (tertiary/aromatic N) is 1. The molecule has 1 heterocycles. The van der Waals surface area contributed by atoms with Crippen LogP contribution in [0.4, 0.5) is 0 Å². The Balaban J connectivity index is 1.57. The van der Waals surface area contributed by atoms with Crippen LogP contribution in [-0.4, -0.2) is 22.2 Å². The first-order valence-electron chi connectivity index (χ1n) is 9.58. The van der Waals surface area contributed by atoms with Crippen molar-refractivity contribution in [2.75, 3.05) is 0 Å². The van der Waals surface area contributed by atoms with E-state index in [4.69, 9.17) is 4.52 Å². The van der Waals surface area contributed by atoms with Crippen molar-refractivity contribution < 1.29 is 14.4 Å². The van der Waals surface area contributed by atoms with E-state index in [2.05, 4.69) is 24.2 Å². The largest absolute Gasteiger partial charge is 0.385 e. The molecule has 24 heavy (non-hydrogen) atoms. The van der Waals surface area contributed by atoms with Gasteiger partial charge in [-0.15, -0.1) is 0 Å². The number of aliphatic hydroxyl groups is 1. The molecule has 0 aromatic carbocycles. The third-order valence-corrected chi connectivity index (χ3v) is 4.68. The molecule has 0 aliphatic heterocycles. The number of aromatic nitrogens is 1. The highest BCUT2D eigenvalue weighted by molar-refractivity contribution is 6.02. The summed E-state index contributed by atoms with van der Waals surface area (Å²) >= 11 is 0. The number of aliphatic hydroxyl groups excluding tert-OH is 1. The van der Waals surface area contributed by atoms with Crippen molar-refractivity contribution in [1.82, 2.24) is 5.16 Å². The van der Waals surface area contributed by atoms with Crippen molar-refractivity contribution in [3.8, 4) is 0 Å². The van der Waals surface area contributed by atoms with Gasteiger partial charge in [0.2, 0.25) is 0 Å². The number of carbonyl (C=O) groups excluding carboxylic acids is 1. The normalized spacial score (nSPS) is 17.6. The third kappa shape index (κ3) is 5.59. The Kier molecular flexibility index (Phi) is 8.23. The number of allylic oxidation sites excluding steroid dienone is 2. The van der Waals surface area contributed by atoms with Gasteiger partial charge in [-0.1, -0.05) is 56.3 Å². The maximum Gasteiger partial charge on any atom is 0.196 e. The van der Waals surface area contributed by atoms with Crippen LogP contribution in [-0.2, 0) is 12.8 Å². The van der Waals surface area contributed by atoms with Crippen LogP contribution in [0.2, 0.25) is 0 Å². The fraction of sp³-hybridized carbons (Fsp3) is 0.700. The van der Waals surface area contributed by atoms with Crippen molar-refractivity contribution in [2.45, 2.75) is 90.1 Å². The molecular formula is C20H31NO3. The summed E-state index contributed by atoms with van der Waals surface area (Å²) in [5.74, 6) is 0.458. The van der Waals surface area contributed by atoms with E-state index in [1.807, 2.05) is 0 Å². The van der Waals surface area contributed by atoms with E-state index in [9.17, 15) is 9.90 Å². The zero-order chi connectivity index (χ0) is 17.2. The predicted octanol–water partition coefficient (Wildman–Crippen LogP) is 4.79. The molecule has 1 aliphatic rings. The van der Waals surface area contributed by atoms with Gasteiger partial charge >= 0.3 is 0 Å². The molecule has 4 nitrogen and oxygen atoms in total. The minimum Gasteiger partial charge on any atom is -0.385 e. The highest BCUT2D eigenvalue weighted by atomic mass is 16.5. The van der Waals surface area contributed by atoms with Crippen molar-refractivity contribution in [3.63, 3.8) is 0 Å². The Morgan fingerprint density at radius 3 is 2.62 bits per heavy atom. The molecule has 1 atom stereocenters. The van der Waals surface area contributed by atoms with Crippen LogP contribution >= 0.6 is 0 Å². The van der Waals surface area contributed by atoms with Gasteiger partial charge in [0.25, 0.3) is 0 Å². The SMILES string of the molecule is CCC/C=C/CCCCCCCCc1noc2c1C(=O)C(O)CC2. The van der Waals surface area contributed by atoms with Gasteiger partial charge in [0.15, 0.2) is 5.78 Å². The molecule has 1 aromatic heterocycles. The van der Waals surface area contributed by atoms with Gasteiger partial charge in [-0.05, 0) is 38.5 Å². The number of rotatable bonds is 11. The Morgan fingerprint density at radius 2 is 1.83 bits per heavy atom. The number of hydrogen-bond donors (Lipinski definition) is 1. The van der Waals surface area contributed by atoms with E-state index < -0.39 is 6.10 Å². The molecule has 0 saturated carbocycles. The molecule has 2 rings (SSSR count). The van der Waals surface area contributed by atoms with Crippen molar-refractivity contribution >= 4 is 5.78 Å². The van der Waals surface area contributed by atoms with Crippen LogP contribution in [0.5, 0.6) is 0 Å². The Morgan fingerprint density at radius 1 is 1.12 bits per heavy atom. The summed E-state index contributed by atoms with van der Waals surface area (Å²) in [6.07, 6.45) is 16.5. The minimum atomic E-state index is -0.873. The lowest BCUT2D eigenvalue weighted by atomic mass is 9.91. The smallest absolute Gasteiger partial charge is 0.196 e. The second-order valence-corrected chi connectivity index (χ2v) is 6.77. The van der Waals surface area contributed by atoms with Gasteiger partial charge in [-0.3, -0.25) is 4.79 Å². The number of fused-ring (bicyclic) bond motifs is 1. The highest BCUT2D eigenvalue weighted by Crippen LogP contribution is 2.25. The zero-order valence-electron chi connectivity index (χ0n) is 14.9. The molecule has 1 aromatic rings. The molecule has 0 radical (unpaired) electrons. The zero-order valence-corrected chi connectivity index (χ0v) is 14.9. The molecule has 134 valence electrons. The van der Waals surface area contributed by atoms with E-state index in [1.54, 1.807) is 0 Å². The second-order valence-electron chi connectivity index (χ2n) is 6.77. The molecule has 1 unspecified atom stereocenters. The number of hydrogen-bond acceptors (Lipinski definition) is 4. The number of unbranched alkanes of at least 4 members (excludes halogenated alkanes) is 7. The van der Waals surface area contributed by atoms with Crippen LogP contribution in [0.25, 0.3) is 0 Å². The first kappa shape index (κ1) is 18.9. The summed E-state index contributed by atoms with van der Waals surface area (Å²) in [5, 5.41) is 13.8. The summed E-state index contributed by atoms with van der Waals surface area (Å²) < 4.78 is 5.27. The summed E-state index contributed by atoms with van der Waals surface area (Å²) in [5.41, 5.74) is 1.31. The number of ketones is 1. The molecule has 0 saturated heterocycles. The van der Waals surface area contributed by atoms with Gasteiger partial charge in [-0.2, -0.15) is 0 Å².